The van der Waals surface area contributed by atoms with Gasteiger partial charge in [0.1, 0.15) is 0 Å². The molecule has 0 heterocycles. The molecule has 146 valence electrons. The van der Waals surface area contributed by atoms with Crippen molar-refractivity contribution in [3.8, 4) is 0 Å². The summed E-state index contributed by atoms with van der Waals surface area (Å²) in [6.45, 7) is 8.29. The second-order valence-electron chi connectivity index (χ2n) is 7.70. The lowest BCUT2D eigenvalue weighted by Crippen LogP contribution is -2.62. The van der Waals surface area contributed by atoms with Crippen LogP contribution in [0.25, 0.3) is 0 Å². The third-order valence-electron chi connectivity index (χ3n) is 5.09. The molecule has 2 rings (SSSR count). The molecule has 0 radical (unpaired) electrons. The number of hydrogen-bond donors (Lipinski definition) is 2. The van der Waals surface area contributed by atoms with Gasteiger partial charge in [-0.15, -0.1) is 0 Å². The Morgan fingerprint density at radius 2 is 1.88 bits per heavy atom. The Morgan fingerprint density at radius 1 is 1.27 bits per heavy atom. The van der Waals surface area contributed by atoms with Crippen molar-refractivity contribution in [2.45, 2.75) is 70.1 Å². The zero-order valence-electron chi connectivity index (χ0n) is 16.2. The minimum Gasteiger partial charge on any atom is -0.375 e. The van der Waals surface area contributed by atoms with E-state index in [1.54, 1.807) is 24.3 Å². The lowest BCUT2D eigenvalue weighted by Gasteiger charge is -2.52. The van der Waals surface area contributed by atoms with Crippen molar-refractivity contribution in [1.82, 2.24) is 10.0 Å². The number of ether oxygens (including phenoxy) is 1. The van der Waals surface area contributed by atoms with E-state index in [4.69, 9.17) is 4.74 Å². The predicted molar refractivity (Wildman–Crippen MR) is 101 cm³/mol. The van der Waals surface area contributed by atoms with Crippen molar-refractivity contribution in [3.05, 3.63) is 29.8 Å². The molecular formula is C19H30N2O4S. The minimum absolute atomic E-state index is 0.0120. The fourth-order valence-electron chi connectivity index (χ4n) is 3.17. The minimum atomic E-state index is -3.43. The van der Waals surface area contributed by atoms with Gasteiger partial charge in [0.2, 0.25) is 15.9 Å². The van der Waals surface area contributed by atoms with E-state index in [2.05, 4.69) is 23.9 Å². The quantitative estimate of drug-likeness (QED) is 0.722. The van der Waals surface area contributed by atoms with Gasteiger partial charge in [-0.3, -0.25) is 4.79 Å². The average molecular weight is 383 g/mol. The molecule has 1 saturated carbocycles. The Bertz CT molecular complexity index is 726. The Morgan fingerprint density at radius 3 is 2.38 bits per heavy atom. The molecule has 2 atom stereocenters. The first kappa shape index (κ1) is 20.9. The number of nitrogens with one attached hydrogen (secondary N) is 2. The monoisotopic (exact) mass is 382 g/mol. The zero-order valence-corrected chi connectivity index (χ0v) is 17.0. The van der Waals surface area contributed by atoms with Crippen molar-refractivity contribution in [1.29, 1.82) is 0 Å². The number of amides is 1. The second-order valence-corrected chi connectivity index (χ2v) is 9.59. The summed E-state index contributed by atoms with van der Waals surface area (Å²) in [7, 11) is -2.04. The van der Waals surface area contributed by atoms with Crippen LogP contribution in [0.15, 0.2) is 29.2 Å². The molecule has 26 heavy (non-hydrogen) atoms. The van der Waals surface area contributed by atoms with Crippen LogP contribution in [0.1, 0.15) is 46.1 Å². The second kappa shape index (κ2) is 8.06. The molecule has 0 aromatic heterocycles. The Labute approximate surface area is 156 Å². The van der Waals surface area contributed by atoms with Crippen LogP contribution in [0.4, 0.5) is 0 Å². The van der Waals surface area contributed by atoms with E-state index in [9.17, 15) is 13.2 Å². The Balaban J connectivity index is 1.83. The maximum Gasteiger partial charge on any atom is 0.240 e. The number of benzene rings is 1. The molecule has 1 aliphatic carbocycles. The molecule has 1 aromatic carbocycles. The molecule has 2 N–H and O–H groups in total. The van der Waals surface area contributed by atoms with Gasteiger partial charge in [-0.2, -0.15) is 0 Å². The van der Waals surface area contributed by atoms with Gasteiger partial charge in [-0.1, -0.05) is 26.0 Å². The number of rotatable bonds is 8. The highest BCUT2D eigenvalue weighted by molar-refractivity contribution is 7.89. The molecule has 6 nitrogen and oxygen atoms in total. The van der Waals surface area contributed by atoms with Crippen molar-refractivity contribution in [3.63, 3.8) is 0 Å². The van der Waals surface area contributed by atoms with Gasteiger partial charge in [-0.05, 0) is 51.4 Å². The van der Waals surface area contributed by atoms with E-state index in [0.717, 1.165) is 12.0 Å². The van der Waals surface area contributed by atoms with Gasteiger partial charge in [-0.25, -0.2) is 13.1 Å². The first-order chi connectivity index (χ1) is 12.1. The lowest BCUT2D eigenvalue weighted by molar-refractivity contribution is -0.148. The van der Waals surface area contributed by atoms with Crippen LogP contribution in [0, 0.1) is 5.41 Å². The molecule has 1 fully saturated rings. The van der Waals surface area contributed by atoms with Crippen LogP contribution >= 0.6 is 0 Å². The summed E-state index contributed by atoms with van der Waals surface area (Å²) in [4.78, 5) is 12.5. The maximum atomic E-state index is 12.3. The van der Waals surface area contributed by atoms with E-state index in [-0.39, 0.29) is 34.5 Å². The molecule has 0 bridgehead atoms. The predicted octanol–water partition coefficient (Wildman–Crippen LogP) is 2.24. The zero-order chi connectivity index (χ0) is 19.5. The van der Waals surface area contributed by atoms with Crippen LogP contribution in [-0.4, -0.2) is 39.6 Å². The molecule has 7 heteroatoms. The third-order valence-corrected chi connectivity index (χ3v) is 6.52. The van der Waals surface area contributed by atoms with Crippen molar-refractivity contribution in [2.75, 3.05) is 7.05 Å². The summed E-state index contributed by atoms with van der Waals surface area (Å²) >= 11 is 0. The summed E-state index contributed by atoms with van der Waals surface area (Å²) < 4.78 is 31.6. The van der Waals surface area contributed by atoms with Gasteiger partial charge >= 0.3 is 0 Å². The van der Waals surface area contributed by atoms with Gasteiger partial charge in [0.05, 0.1) is 17.1 Å². The molecule has 1 aromatic rings. The molecular weight excluding hydrogens is 352 g/mol. The molecule has 2 unspecified atom stereocenters. The fraction of sp³-hybridized carbons (Fsp3) is 0.632. The van der Waals surface area contributed by atoms with Crippen molar-refractivity contribution < 1.29 is 17.9 Å². The van der Waals surface area contributed by atoms with Gasteiger partial charge < -0.3 is 10.1 Å². The fourth-order valence-corrected chi connectivity index (χ4v) is 3.90. The van der Waals surface area contributed by atoms with Crippen molar-refractivity contribution in [2.24, 2.45) is 5.41 Å². The van der Waals surface area contributed by atoms with Crippen LogP contribution in [0.3, 0.4) is 0 Å². The molecule has 1 aliphatic rings. The number of carbonyl (C=O) groups excluding carboxylic acids is 1. The summed E-state index contributed by atoms with van der Waals surface area (Å²) in [5.74, 6) is 0.0120. The highest BCUT2D eigenvalue weighted by atomic mass is 32.2. The molecule has 0 aliphatic heterocycles. The summed E-state index contributed by atoms with van der Waals surface area (Å²) in [5.41, 5.74) is 0.868. The normalized spacial score (nSPS) is 22.1. The standard InChI is InChI=1S/C19H30N2O4S/c1-13(2)25-17-12-16(19(17,3)4)21-18(22)11-8-14-6-9-15(10-7-14)26(23,24)20-5/h6-7,9-10,13,16-17,20H,8,11-12H2,1-5H3,(H,21,22). The number of hydrogen-bond acceptors (Lipinski definition) is 4. The van der Waals surface area contributed by atoms with Gasteiger partial charge in [0, 0.05) is 17.9 Å². The van der Waals surface area contributed by atoms with Crippen LogP contribution < -0.4 is 10.0 Å². The lowest BCUT2D eigenvalue weighted by atomic mass is 9.64. The third kappa shape index (κ3) is 4.84. The van der Waals surface area contributed by atoms with E-state index < -0.39 is 10.0 Å². The number of carbonyl (C=O) groups is 1. The maximum absolute atomic E-state index is 12.3. The largest absolute Gasteiger partial charge is 0.375 e. The Hall–Kier alpha value is -1.44. The molecule has 1 amide bonds. The van der Waals surface area contributed by atoms with Gasteiger partial charge in [0.15, 0.2) is 0 Å². The van der Waals surface area contributed by atoms with Gasteiger partial charge in [0.25, 0.3) is 0 Å². The number of aryl methyl sites for hydroxylation is 1. The highest BCUT2D eigenvalue weighted by Gasteiger charge is 2.49. The number of sulfonamides is 1. The summed E-state index contributed by atoms with van der Waals surface area (Å²) in [6, 6.07) is 6.74. The van der Waals surface area contributed by atoms with Crippen molar-refractivity contribution >= 4 is 15.9 Å². The first-order valence-electron chi connectivity index (χ1n) is 9.03. The SMILES string of the molecule is CNS(=O)(=O)c1ccc(CCC(=O)NC2CC(OC(C)C)C2(C)C)cc1. The van der Waals surface area contributed by atoms with E-state index in [1.165, 1.54) is 7.05 Å². The first-order valence-corrected chi connectivity index (χ1v) is 10.5. The van der Waals surface area contributed by atoms with Crippen LogP contribution in [-0.2, 0) is 26.0 Å². The molecule has 0 saturated heterocycles. The van der Waals surface area contributed by atoms with E-state index >= 15 is 0 Å². The van der Waals surface area contributed by atoms with E-state index in [0.29, 0.717) is 12.8 Å². The van der Waals surface area contributed by atoms with Crippen LogP contribution in [0.2, 0.25) is 0 Å². The van der Waals surface area contributed by atoms with Crippen LogP contribution in [0.5, 0.6) is 0 Å². The smallest absolute Gasteiger partial charge is 0.240 e. The Kier molecular flexibility index (Phi) is 6.47. The molecule has 0 spiro atoms. The topological polar surface area (TPSA) is 84.5 Å². The summed E-state index contributed by atoms with van der Waals surface area (Å²) in [5, 5.41) is 3.10. The summed E-state index contributed by atoms with van der Waals surface area (Å²) in [6.07, 6.45) is 2.15. The average Bonchev–Trinajstić information content (AvgIpc) is 2.59. The highest BCUT2D eigenvalue weighted by Crippen LogP contribution is 2.43. The van der Waals surface area contributed by atoms with E-state index in [1.807, 2.05) is 13.8 Å².